The van der Waals surface area contributed by atoms with Crippen molar-refractivity contribution >= 4 is 33.3 Å². The summed E-state index contributed by atoms with van der Waals surface area (Å²) in [6.07, 6.45) is 0. The van der Waals surface area contributed by atoms with Gasteiger partial charge in [-0.15, -0.1) is 0 Å². The lowest BCUT2D eigenvalue weighted by molar-refractivity contribution is 0.0522. The van der Waals surface area contributed by atoms with Gasteiger partial charge in [0.2, 0.25) is 0 Å². The normalized spacial score (nSPS) is 11.1. The van der Waals surface area contributed by atoms with Gasteiger partial charge in [0.05, 0.1) is 29.3 Å². The highest BCUT2D eigenvalue weighted by Crippen LogP contribution is 2.35. The molecule has 0 saturated carbocycles. The van der Waals surface area contributed by atoms with Crippen molar-refractivity contribution in [2.45, 2.75) is 18.7 Å². The first-order valence-corrected chi connectivity index (χ1v) is 9.64. The number of benzene rings is 2. The Morgan fingerprint density at radius 3 is 2.35 bits per heavy atom. The second kappa shape index (κ2) is 7.97. The fourth-order valence-corrected chi connectivity index (χ4v) is 3.87. The van der Waals surface area contributed by atoms with Crippen LogP contribution >= 0.6 is 11.6 Å². The Kier molecular flexibility index (Phi) is 6.15. The van der Waals surface area contributed by atoms with Crippen LogP contribution in [0.3, 0.4) is 0 Å². The number of esters is 1. The number of halogens is 1. The molecule has 0 fully saturated rings. The summed E-state index contributed by atoms with van der Waals surface area (Å²) in [7, 11) is -1.05. The largest absolute Gasteiger partial charge is 0.496 e. The summed E-state index contributed by atoms with van der Waals surface area (Å²) >= 11 is 6.25. The van der Waals surface area contributed by atoms with Gasteiger partial charge in [-0.1, -0.05) is 29.3 Å². The first-order valence-electron chi connectivity index (χ1n) is 7.82. The molecule has 0 aliphatic rings. The van der Waals surface area contributed by atoms with Gasteiger partial charge in [-0.25, -0.2) is 13.2 Å². The third kappa shape index (κ3) is 3.94. The standard InChI is InChI=1S/C18H20ClNO5S/c1-5-25-18(21)14-10-15(19)16(11-17(14)24-4)20(3)26(22,23)13-8-6-12(2)7-9-13/h6-11H,5H2,1-4H3. The van der Waals surface area contributed by atoms with E-state index in [1.165, 1.54) is 38.4 Å². The summed E-state index contributed by atoms with van der Waals surface area (Å²) in [6, 6.07) is 9.23. The molecule has 0 N–H and O–H groups in total. The predicted octanol–water partition coefficient (Wildman–Crippen LogP) is 3.66. The van der Waals surface area contributed by atoms with Gasteiger partial charge >= 0.3 is 5.97 Å². The fraction of sp³-hybridized carbons (Fsp3) is 0.278. The summed E-state index contributed by atoms with van der Waals surface area (Å²) < 4.78 is 36.9. The quantitative estimate of drug-likeness (QED) is 0.695. The average molecular weight is 398 g/mol. The lowest BCUT2D eigenvalue weighted by atomic mass is 10.2. The zero-order valence-corrected chi connectivity index (χ0v) is 16.5. The molecule has 0 aliphatic heterocycles. The van der Waals surface area contributed by atoms with E-state index in [1.807, 2.05) is 6.92 Å². The van der Waals surface area contributed by atoms with E-state index in [9.17, 15) is 13.2 Å². The molecule has 0 aliphatic carbocycles. The van der Waals surface area contributed by atoms with Crippen LogP contribution in [0.5, 0.6) is 5.75 Å². The van der Waals surface area contributed by atoms with Crippen LogP contribution in [0.15, 0.2) is 41.3 Å². The SMILES string of the molecule is CCOC(=O)c1cc(Cl)c(N(C)S(=O)(=O)c2ccc(C)cc2)cc1OC. The maximum Gasteiger partial charge on any atom is 0.341 e. The van der Waals surface area contributed by atoms with Crippen molar-refractivity contribution in [3.8, 4) is 5.75 Å². The Morgan fingerprint density at radius 1 is 1.19 bits per heavy atom. The number of carbonyl (C=O) groups is 1. The highest BCUT2D eigenvalue weighted by molar-refractivity contribution is 7.92. The van der Waals surface area contributed by atoms with Crippen LogP contribution in [-0.2, 0) is 14.8 Å². The number of hydrogen-bond acceptors (Lipinski definition) is 5. The zero-order chi connectivity index (χ0) is 19.5. The number of sulfonamides is 1. The molecule has 8 heteroatoms. The molecule has 2 aromatic rings. The van der Waals surface area contributed by atoms with Crippen LogP contribution < -0.4 is 9.04 Å². The Labute approximate surface area is 158 Å². The van der Waals surface area contributed by atoms with E-state index < -0.39 is 16.0 Å². The maximum atomic E-state index is 12.9. The van der Waals surface area contributed by atoms with Crippen LogP contribution in [0.4, 0.5) is 5.69 Å². The first kappa shape index (κ1) is 20.1. The van der Waals surface area contributed by atoms with Gasteiger partial charge in [-0.3, -0.25) is 4.31 Å². The molecule has 0 atom stereocenters. The second-order valence-corrected chi connectivity index (χ2v) is 7.89. The molecule has 2 aromatic carbocycles. The summed E-state index contributed by atoms with van der Waals surface area (Å²) in [4.78, 5) is 12.1. The van der Waals surface area contributed by atoms with E-state index in [0.717, 1.165) is 9.87 Å². The Balaban J connectivity index is 2.50. The molecule has 0 radical (unpaired) electrons. The molecule has 0 amide bonds. The van der Waals surface area contributed by atoms with Gasteiger partial charge in [-0.05, 0) is 32.0 Å². The number of anilines is 1. The minimum absolute atomic E-state index is 0.0899. The molecular weight excluding hydrogens is 378 g/mol. The molecule has 2 rings (SSSR count). The van der Waals surface area contributed by atoms with E-state index in [-0.39, 0.29) is 33.5 Å². The third-order valence-electron chi connectivity index (χ3n) is 3.78. The van der Waals surface area contributed by atoms with Gasteiger partial charge in [0.1, 0.15) is 11.3 Å². The highest BCUT2D eigenvalue weighted by Gasteiger charge is 2.26. The zero-order valence-electron chi connectivity index (χ0n) is 14.9. The maximum absolute atomic E-state index is 12.9. The summed E-state index contributed by atoms with van der Waals surface area (Å²) in [5.74, 6) is -0.421. The lowest BCUT2D eigenvalue weighted by Crippen LogP contribution is -2.27. The molecule has 0 saturated heterocycles. The monoisotopic (exact) mass is 397 g/mol. The minimum atomic E-state index is -3.82. The number of methoxy groups -OCH3 is 1. The topological polar surface area (TPSA) is 72.9 Å². The summed E-state index contributed by atoms with van der Waals surface area (Å²) in [5, 5.41) is 0.0899. The van der Waals surface area contributed by atoms with Crippen LogP contribution in [0.25, 0.3) is 0 Å². The van der Waals surface area contributed by atoms with Crippen molar-refractivity contribution in [3.05, 3.63) is 52.5 Å². The number of rotatable bonds is 6. The molecule has 0 unspecified atom stereocenters. The average Bonchev–Trinajstić information content (AvgIpc) is 2.61. The van der Waals surface area contributed by atoms with Crippen molar-refractivity contribution < 1.29 is 22.7 Å². The van der Waals surface area contributed by atoms with Gasteiger partial charge in [-0.2, -0.15) is 0 Å². The van der Waals surface area contributed by atoms with Crippen LogP contribution in [0.1, 0.15) is 22.8 Å². The molecular formula is C18H20ClNO5S. The molecule has 6 nitrogen and oxygen atoms in total. The minimum Gasteiger partial charge on any atom is -0.496 e. The Morgan fingerprint density at radius 2 is 1.81 bits per heavy atom. The molecule has 140 valence electrons. The molecule has 26 heavy (non-hydrogen) atoms. The predicted molar refractivity (Wildman–Crippen MR) is 101 cm³/mol. The fourth-order valence-electron chi connectivity index (χ4n) is 2.32. The number of nitrogens with zero attached hydrogens (tertiary/aromatic N) is 1. The van der Waals surface area contributed by atoms with Crippen molar-refractivity contribution in [1.82, 2.24) is 0 Å². The molecule has 0 aromatic heterocycles. The second-order valence-electron chi connectivity index (χ2n) is 5.51. The van der Waals surface area contributed by atoms with Crippen LogP contribution in [-0.4, -0.2) is 35.2 Å². The number of ether oxygens (including phenoxy) is 2. The number of carbonyl (C=O) groups excluding carboxylic acids is 1. The lowest BCUT2D eigenvalue weighted by Gasteiger charge is -2.22. The van der Waals surface area contributed by atoms with Gasteiger partial charge < -0.3 is 9.47 Å². The first-order chi connectivity index (χ1) is 12.2. The van der Waals surface area contributed by atoms with Crippen LogP contribution in [0.2, 0.25) is 5.02 Å². The van der Waals surface area contributed by atoms with Crippen LogP contribution in [0, 0.1) is 6.92 Å². The van der Waals surface area contributed by atoms with Crippen molar-refractivity contribution in [1.29, 1.82) is 0 Å². The van der Waals surface area contributed by atoms with E-state index in [0.29, 0.717) is 0 Å². The third-order valence-corrected chi connectivity index (χ3v) is 5.87. The highest BCUT2D eigenvalue weighted by atomic mass is 35.5. The summed E-state index contributed by atoms with van der Waals surface area (Å²) in [5.41, 5.74) is 1.27. The molecule has 0 bridgehead atoms. The molecule has 0 heterocycles. The molecule has 0 spiro atoms. The van der Waals surface area contributed by atoms with Crippen molar-refractivity contribution in [3.63, 3.8) is 0 Å². The Hall–Kier alpha value is -2.25. The number of hydrogen-bond donors (Lipinski definition) is 0. The van der Waals surface area contributed by atoms with Gasteiger partial charge in [0.25, 0.3) is 10.0 Å². The van der Waals surface area contributed by atoms with Crippen molar-refractivity contribution in [2.24, 2.45) is 0 Å². The van der Waals surface area contributed by atoms with E-state index in [1.54, 1.807) is 19.1 Å². The number of aryl methyl sites for hydroxylation is 1. The summed E-state index contributed by atoms with van der Waals surface area (Å²) in [6.45, 7) is 3.75. The smallest absolute Gasteiger partial charge is 0.341 e. The van der Waals surface area contributed by atoms with Gasteiger partial charge in [0.15, 0.2) is 0 Å². The Bertz CT molecular complexity index is 910. The van der Waals surface area contributed by atoms with E-state index >= 15 is 0 Å². The van der Waals surface area contributed by atoms with E-state index in [2.05, 4.69) is 0 Å². The van der Waals surface area contributed by atoms with Gasteiger partial charge in [0, 0.05) is 13.1 Å². The van der Waals surface area contributed by atoms with Crippen molar-refractivity contribution in [2.75, 3.05) is 25.1 Å². The van der Waals surface area contributed by atoms with E-state index in [4.69, 9.17) is 21.1 Å².